The lowest BCUT2D eigenvalue weighted by Crippen LogP contribution is -2.47. The second kappa shape index (κ2) is 11.8. The smallest absolute Gasteiger partial charge is 0.379 e. The molecule has 0 bridgehead atoms. The Hall–Kier alpha value is -3.73. The van der Waals surface area contributed by atoms with Gasteiger partial charge in [0.15, 0.2) is 0 Å². The van der Waals surface area contributed by atoms with Crippen molar-refractivity contribution in [2.24, 2.45) is 0 Å². The first-order valence-corrected chi connectivity index (χ1v) is 12.4. The molecule has 0 spiro atoms. The molecule has 1 aromatic carbocycles. The number of alkyl halides is 4. The number of H-pyrrole nitrogens is 1. The molecular weight excluding hydrogens is 500 g/mol. The molecule has 11 heteroatoms. The molecule has 1 aliphatic rings. The van der Waals surface area contributed by atoms with Crippen molar-refractivity contribution in [3.8, 4) is 0 Å². The van der Waals surface area contributed by atoms with Crippen LogP contribution in [0.3, 0.4) is 0 Å². The number of nitrogens with zero attached hydrogens (tertiary/aromatic N) is 3. The van der Waals surface area contributed by atoms with Crippen LogP contribution in [0.5, 0.6) is 0 Å². The van der Waals surface area contributed by atoms with Gasteiger partial charge in [0.2, 0.25) is 0 Å². The van der Waals surface area contributed by atoms with Crippen LogP contribution in [0.1, 0.15) is 41.6 Å². The lowest BCUT2D eigenvalue weighted by molar-refractivity contribution is -0.0688. The van der Waals surface area contributed by atoms with E-state index >= 15 is 0 Å². The highest BCUT2D eigenvalue weighted by Crippen LogP contribution is 2.37. The Morgan fingerprint density at radius 1 is 1.29 bits per heavy atom. The summed E-state index contributed by atoms with van der Waals surface area (Å²) in [4.78, 5) is 18.4. The fraction of sp³-hybridized carbons (Fsp3) is 0.370. The van der Waals surface area contributed by atoms with Gasteiger partial charge in [-0.1, -0.05) is 31.7 Å². The number of anilines is 1. The molecule has 2 aromatic heterocycles. The third-order valence-electron chi connectivity index (χ3n) is 6.44. The number of benzene rings is 1. The molecule has 0 saturated carbocycles. The molecule has 202 valence electrons. The average Bonchev–Trinajstić information content (AvgIpc) is 3.42. The number of carbonyl (C=O) groups is 1. The van der Waals surface area contributed by atoms with Crippen molar-refractivity contribution in [2.45, 2.75) is 38.2 Å². The number of allylic oxidation sites excluding steroid dienone is 1. The van der Waals surface area contributed by atoms with E-state index in [1.54, 1.807) is 30.3 Å². The van der Waals surface area contributed by atoms with Crippen LogP contribution in [0.25, 0.3) is 22.4 Å². The number of piperidine rings is 1. The van der Waals surface area contributed by atoms with Crippen molar-refractivity contribution in [1.82, 2.24) is 25.4 Å². The van der Waals surface area contributed by atoms with Gasteiger partial charge in [-0.3, -0.25) is 9.89 Å². The minimum Gasteiger partial charge on any atom is -0.379 e. The second-order valence-electron chi connectivity index (χ2n) is 9.21. The molecule has 3 N–H and O–H groups in total. The quantitative estimate of drug-likeness (QED) is 0.331. The highest BCUT2D eigenvalue weighted by Gasteiger charge is 2.35. The lowest BCUT2D eigenvalue weighted by Gasteiger charge is -2.35. The minimum atomic E-state index is -4.68. The molecular formula is C27H30F4N6O. The molecule has 7 nitrogen and oxygen atoms in total. The number of nitrogens with one attached hydrogen (secondary N) is 3. The number of likely N-dealkylation sites (tertiary alicyclic amines) is 1. The van der Waals surface area contributed by atoms with E-state index in [-0.39, 0.29) is 34.9 Å². The van der Waals surface area contributed by atoms with Crippen LogP contribution >= 0.6 is 0 Å². The Bertz CT molecular complexity index is 1300. The zero-order valence-corrected chi connectivity index (χ0v) is 21.0. The molecule has 1 fully saturated rings. The number of hydrogen-bond donors (Lipinski definition) is 3. The van der Waals surface area contributed by atoms with E-state index in [0.29, 0.717) is 24.0 Å². The molecule has 3 heterocycles. The van der Waals surface area contributed by atoms with E-state index in [2.05, 4.69) is 37.3 Å². The third kappa shape index (κ3) is 6.39. The molecule has 38 heavy (non-hydrogen) atoms. The van der Waals surface area contributed by atoms with Crippen LogP contribution in [0.4, 0.5) is 23.2 Å². The molecule has 1 aliphatic heterocycles. The van der Waals surface area contributed by atoms with Gasteiger partial charge >= 0.3 is 6.18 Å². The number of amides is 1. The summed E-state index contributed by atoms with van der Waals surface area (Å²) < 4.78 is 56.0. The monoisotopic (exact) mass is 530 g/mol. The predicted octanol–water partition coefficient (Wildman–Crippen LogP) is 5.21. The molecule has 0 unspecified atom stereocenters. The highest BCUT2D eigenvalue weighted by atomic mass is 19.4. The fourth-order valence-corrected chi connectivity index (χ4v) is 4.53. The van der Waals surface area contributed by atoms with Gasteiger partial charge in [-0.05, 0) is 43.7 Å². The maximum absolute atomic E-state index is 15.0. The summed E-state index contributed by atoms with van der Waals surface area (Å²) >= 11 is 0. The van der Waals surface area contributed by atoms with Crippen LogP contribution < -0.4 is 10.6 Å². The minimum absolute atomic E-state index is 0.118. The van der Waals surface area contributed by atoms with Gasteiger partial charge in [0.05, 0.1) is 23.0 Å². The van der Waals surface area contributed by atoms with Crippen molar-refractivity contribution < 1.29 is 22.4 Å². The number of hydrogen-bond acceptors (Lipinski definition) is 5. The number of fused-ring (bicyclic) bond motifs is 1. The Morgan fingerprint density at radius 2 is 2.11 bits per heavy atom. The Morgan fingerprint density at radius 3 is 2.79 bits per heavy atom. The van der Waals surface area contributed by atoms with Crippen LogP contribution in [-0.4, -0.2) is 70.6 Å². The van der Waals surface area contributed by atoms with Crippen LogP contribution in [-0.2, 0) is 0 Å². The SMILES string of the molecule is C=C(c1nc(/C=C/CNC(=O)c2ccn[nH]2)cc2c(N[C@@H]3CCN(CCC)C[C@@H]3F)cccc12)C(F)(F)F. The lowest BCUT2D eigenvalue weighted by atomic mass is 9.99. The highest BCUT2D eigenvalue weighted by molar-refractivity contribution is 6.01. The normalized spacial score (nSPS) is 18.7. The van der Waals surface area contributed by atoms with Crippen molar-refractivity contribution in [3.05, 3.63) is 66.3 Å². The fourth-order valence-electron chi connectivity index (χ4n) is 4.53. The van der Waals surface area contributed by atoms with Gasteiger partial charge in [0.25, 0.3) is 5.91 Å². The van der Waals surface area contributed by atoms with Gasteiger partial charge in [-0.2, -0.15) is 18.3 Å². The zero-order chi connectivity index (χ0) is 27.3. The van der Waals surface area contributed by atoms with Gasteiger partial charge < -0.3 is 15.5 Å². The number of carbonyl (C=O) groups excluding carboxylic acids is 1. The topological polar surface area (TPSA) is 85.9 Å². The summed E-state index contributed by atoms with van der Waals surface area (Å²) in [6.45, 7) is 7.30. The van der Waals surface area contributed by atoms with Crippen LogP contribution in [0, 0.1) is 0 Å². The van der Waals surface area contributed by atoms with Gasteiger partial charge in [-0.15, -0.1) is 0 Å². The third-order valence-corrected chi connectivity index (χ3v) is 6.44. The van der Waals surface area contributed by atoms with Gasteiger partial charge in [0, 0.05) is 42.3 Å². The number of aromatic amines is 1. The first-order chi connectivity index (χ1) is 18.2. The molecule has 0 radical (unpaired) electrons. The maximum atomic E-state index is 15.0. The molecule has 2 atom stereocenters. The van der Waals surface area contributed by atoms with Crippen molar-refractivity contribution >= 4 is 34.0 Å². The molecule has 3 aromatic rings. The molecule has 1 amide bonds. The van der Waals surface area contributed by atoms with E-state index < -0.39 is 24.0 Å². The molecule has 1 saturated heterocycles. The Labute approximate surface area is 218 Å². The van der Waals surface area contributed by atoms with E-state index in [9.17, 15) is 22.4 Å². The maximum Gasteiger partial charge on any atom is 0.417 e. The van der Waals surface area contributed by atoms with Crippen molar-refractivity contribution in [2.75, 3.05) is 31.5 Å². The number of aromatic nitrogens is 3. The number of pyridine rings is 1. The molecule has 0 aliphatic carbocycles. The van der Waals surface area contributed by atoms with Crippen LogP contribution in [0.2, 0.25) is 0 Å². The Kier molecular flexibility index (Phi) is 8.45. The van der Waals surface area contributed by atoms with Crippen LogP contribution in [0.15, 0.2) is 49.2 Å². The van der Waals surface area contributed by atoms with Gasteiger partial charge in [-0.25, -0.2) is 9.37 Å². The summed E-state index contributed by atoms with van der Waals surface area (Å²) in [5.74, 6) is -0.373. The first-order valence-electron chi connectivity index (χ1n) is 12.4. The first kappa shape index (κ1) is 27.3. The van der Waals surface area contributed by atoms with E-state index in [0.717, 1.165) is 19.5 Å². The largest absolute Gasteiger partial charge is 0.417 e. The number of rotatable bonds is 9. The van der Waals surface area contributed by atoms with Crippen molar-refractivity contribution in [3.63, 3.8) is 0 Å². The van der Waals surface area contributed by atoms with E-state index in [1.807, 2.05) is 6.92 Å². The standard InChI is InChI=1S/C27H30F4N6O/c1-3-13-37-14-10-23(21(28)16-37)35-22-8-4-7-19-20(22)15-18(34-25(19)17(2)27(29,30)31)6-5-11-32-26(38)24-9-12-33-36-24/h4-9,12,15,21,23,35H,2-3,10-11,13-14,16H2,1H3,(H,32,38)(H,33,36)/b6-5+/t21-,23+/m0/s1. The second-order valence-corrected chi connectivity index (χ2v) is 9.21. The predicted molar refractivity (Wildman–Crippen MR) is 140 cm³/mol. The summed E-state index contributed by atoms with van der Waals surface area (Å²) in [7, 11) is 0. The summed E-state index contributed by atoms with van der Waals surface area (Å²) in [6, 6.07) is 7.60. The number of halogens is 4. The summed E-state index contributed by atoms with van der Waals surface area (Å²) in [5, 5.41) is 12.9. The molecule has 4 rings (SSSR count). The average molecular weight is 531 g/mol. The van der Waals surface area contributed by atoms with Gasteiger partial charge in [0.1, 0.15) is 11.9 Å². The van der Waals surface area contributed by atoms with E-state index in [1.165, 1.54) is 18.3 Å². The summed E-state index contributed by atoms with van der Waals surface area (Å²) in [6.07, 6.45) is 0.278. The van der Waals surface area contributed by atoms with Crippen molar-refractivity contribution in [1.29, 1.82) is 0 Å². The zero-order valence-electron chi connectivity index (χ0n) is 21.0. The van der Waals surface area contributed by atoms with E-state index in [4.69, 9.17) is 0 Å². The summed E-state index contributed by atoms with van der Waals surface area (Å²) in [5.41, 5.74) is -0.307. The Balaban J connectivity index is 1.62.